The van der Waals surface area contributed by atoms with E-state index in [9.17, 15) is 19.2 Å². The minimum atomic E-state index is -0.649. The molecule has 47 heavy (non-hydrogen) atoms. The monoisotopic (exact) mass is 641 g/mol. The van der Waals surface area contributed by atoms with Crippen LogP contribution >= 0.6 is 0 Å². The summed E-state index contributed by atoms with van der Waals surface area (Å²) in [6.07, 6.45) is 8.76. The van der Waals surface area contributed by atoms with Crippen LogP contribution in [0.3, 0.4) is 0 Å². The minimum Gasteiger partial charge on any atom is -0.355 e. The fraction of sp³-hybridized carbons (Fsp3) is 0.583. The number of carbonyl (C=O) groups is 4. The molecule has 3 aromatic rings. The number of carbonyl (C=O) groups excluding carboxylic acids is 4. The zero-order valence-electron chi connectivity index (χ0n) is 28.5. The van der Waals surface area contributed by atoms with Crippen molar-refractivity contribution in [3.63, 3.8) is 0 Å². The van der Waals surface area contributed by atoms with E-state index in [2.05, 4.69) is 54.4 Å². The summed E-state index contributed by atoms with van der Waals surface area (Å²) < 4.78 is 1.68. The summed E-state index contributed by atoms with van der Waals surface area (Å²) in [5.74, 6) is 0.255. The summed E-state index contributed by atoms with van der Waals surface area (Å²) >= 11 is 0. The van der Waals surface area contributed by atoms with Gasteiger partial charge in [-0.1, -0.05) is 40.5 Å². The zero-order valence-corrected chi connectivity index (χ0v) is 28.5. The first-order valence-corrected chi connectivity index (χ1v) is 17.0. The second-order valence-electron chi connectivity index (χ2n) is 15.1. The Morgan fingerprint density at radius 1 is 1.04 bits per heavy atom. The maximum Gasteiger partial charge on any atom is 0.245 e. The molecule has 3 aliphatic rings. The van der Waals surface area contributed by atoms with Crippen LogP contribution < -0.4 is 10.6 Å². The van der Waals surface area contributed by atoms with Crippen molar-refractivity contribution in [1.29, 1.82) is 0 Å². The SMILES string of the molecule is CC(=O)c1nn2c3c(cc(-c4cnc(C)nc4)cc13)CCCCCCC(=O)NC[C@@]13C[C@@H](C(=O)NCC(C)(C)C)N(C(=O)C2)C1C3C. The third-order valence-electron chi connectivity index (χ3n) is 10.3. The van der Waals surface area contributed by atoms with Crippen LogP contribution in [0.25, 0.3) is 22.0 Å². The second-order valence-corrected chi connectivity index (χ2v) is 15.1. The molecular formula is C36H47N7O4. The number of piperidine rings is 1. The van der Waals surface area contributed by atoms with Crippen molar-refractivity contribution in [1.82, 2.24) is 35.3 Å². The molecule has 4 heterocycles. The van der Waals surface area contributed by atoms with Gasteiger partial charge in [0, 0.05) is 61.2 Å². The third kappa shape index (κ3) is 6.41. The molecule has 2 bridgehead atoms. The molecular weight excluding hydrogens is 594 g/mol. The highest BCUT2D eigenvalue weighted by Crippen LogP contribution is 2.64. The van der Waals surface area contributed by atoms with Gasteiger partial charge in [0.25, 0.3) is 0 Å². The average Bonchev–Trinajstić information content (AvgIpc) is 3.29. The molecule has 11 heteroatoms. The number of rotatable bonds is 4. The number of amides is 3. The molecule has 2 aromatic heterocycles. The van der Waals surface area contributed by atoms with Crippen LogP contribution in [0.1, 0.15) is 95.0 Å². The number of hydrogen-bond acceptors (Lipinski definition) is 7. The number of hydrogen-bond donors (Lipinski definition) is 2. The summed E-state index contributed by atoms with van der Waals surface area (Å²) in [5, 5.41) is 11.7. The van der Waals surface area contributed by atoms with Gasteiger partial charge in [-0.2, -0.15) is 5.10 Å². The number of aryl methyl sites for hydroxylation is 2. The molecule has 1 saturated heterocycles. The van der Waals surface area contributed by atoms with Gasteiger partial charge in [0.1, 0.15) is 24.1 Å². The van der Waals surface area contributed by atoms with Crippen molar-refractivity contribution >= 4 is 34.4 Å². The predicted octanol–water partition coefficient (Wildman–Crippen LogP) is 4.40. The van der Waals surface area contributed by atoms with E-state index in [1.807, 2.05) is 13.0 Å². The lowest BCUT2D eigenvalue weighted by Gasteiger charge is -2.29. The molecule has 250 valence electrons. The van der Waals surface area contributed by atoms with Crippen molar-refractivity contribution in [2.75, 3.05) is 13.1 Å². The molecule has 4 atom stereocenters. The van der Waals surface area contributed by atoms with Gasteiger partial charge in [0.15, 0.2) is 5.78 Å². The molecule has 11 nitrogen and oxygen atoms in total. The van der Waals surface area contributed by atoms with Gasteiger partial charge in [-0.25, -0.2) is 9.97 Å². The van der Waals surface area contributed by atoms with Gasteiger partial charge < -0.3 is 15.5 Å². The third-order valence-corrected chi connectivity index (χ3v) is 10.3. The van der Waals surface area contributed by atoms with Crippen molar-refractivity contribution in [2.24, 2.45) is 16.7 Å². The number of ketones is 1. The summed E-state index contributed by atoms with van der Waals surface area (Å²) in [7, 11) is 0. The van der Waals surface area contributed by atoms with Crippen LogP contribution in [-0.4, -0.2) is 73.3 Å². The number of aromatic nitrogens is 4. The Hall–Kier alpha value is -4.15. The van der Waals surface area contributed by atoms with E-state index in [-0.39, 0.29) is 52.8 Å². The topological polar surface area (TPSA) is 139 Å². The molecule has 2 unspecified atom stereocenters. The van der Waals surface area contributed by atoms with E-state index >= 15 is 0 Å². The Balaban J connectivity index is 1.43. The zero-order chi connectivity index (χ0) is 33.7. The number of Topliss-reactive ketones (excluding diaryl/α,β-unsaturated/α-hetero) is 1. The van der Waals surface area contributed by atoms with Gasteiger partial charge >= 0.3 is 0 Å². The van der Waals surface area contributed by atoms with Crippen molar-refractivity contribution in [2.45, 2.75) is 105 Å². The van der Waals surface area contributed by atoms with Gasteiger partial charge in [0.05, 0.1) is 5.52 Å². The van der Waals surface area contributed by atoms with E-state index < -0.39 is 6.04 Å². The van der Waals surface area contributed by atoms with Crippen molar-refractivity contribution in [3.05, 3.63) is 41.6 Å². The van der Waals surface area contributed by atoms with E-state index in [0.29, 0.717) is 49.3 Å². The lowest BCUT2D eigenvalue weighted by Crippen LogP contribution is -2.50. The van der Waals surface area contributed by atoms with Crippen molar-refractivity contribution < 1.29 is 19.2 Å². The predicted molar refractivity (Wildman–Crippen MR) is 178 cm³/mol. The largest absolute Gasteiger partial charge is 0.355 e. The molecule has 6 rings (SSSR count). The summed E-state index contributed by atoms with van der Waals surface area (Å²) in [6, 6.07) is 3.22. The lowest BCUT2D eigenvalue weighted by molar-refractivity contribution is -0.140. The van der Waals surface area contributed by atoms with Crippen LogP contribution in [0.2, 0.25) is 0 Å². The maximum absolute atomic E-state index is 14.4. The molecule has 3 amide bonds. The molecule has 1 aromatic carbocycles. The van der Waals surface area contributed by atoms with E-state index in [0.717, 1.165) is 47.9 Å². The lowest BCUT2D eigenvalue weighted by atomic mass is 9.94. The summed E-state index contributed by atoms with van der Waals surface area (Å²) in [4.78, 5) is 64.5. The highest BCUT2D eigenvalue weighted by molar-refractivity contribution is 6.07. The average molecular weight is 642 g/mol. The fourth-order valence-corrected chi connectivity index (χ4v) is 7.70. The van der Waals surface area contributed by atoms with Gasteiger partial charge in [0.2, 0.25) is 17.7 Å². The van der Waals surface area contributed by atoms with Crippen LogP contribution in [0, 0.1) is 23.7 Å². The van der Waals surface area contributed by atoms with E-state index in [4.69, 9.17) is 5.10 Å². The maximum atomic E-state index is 14.4. The fourth-order valence-electron chi connectivity index (χ4n) is 7.70. The molecule has 0 spiro atoms. The summed E-state index contributed by atoms with van der Waals surface area (Å²) in [6.45, 7) is 12.4. The molecule has 2 aliphatic heterocycles. The van der Waals surface area contributed by atoms with Crippen LogP contribution in [0.15, 0.2) is 24.5 Å². The molecule has 0 radical (unpaired) electrons. The number of nitrogens with zero attached hydrogens (tertiary/aromatic N) is 5. The Kier molecular flexibility index (Phi) is 8.69. The first kappa shape index (κ1) is 32.8. The Bertz CT molecular complexity index is 1720. The van der Waals surface area contributed by atoms with Gasteiger partial charge in [-0.15, -0.1) is 0 Å². The van der Waals surface area contributed by atoms with Crippen LogP contribution in [0.5, 0.6) is 0 Å². The first-order chi connectivity index (χ1) is 22.3. The Morgan fingerprint density at radius 2 is 1.74 bits per heavy atom. The standard InChI is InChI=1S/C36H47N7O4/c1-21-33-36(21)15-28(34(47)40-19-35(4,5)6)43(33)30(46)18-42-32-24(11-9-7-8-10-12-29(45)39-20-36)13-25(26-16-37-23(3)38-17-26)14-27(32)31(41-42)22(2)44/h13-14,16-17,21,28,33H,7-12,15,18-20H2,1-6H3,(H,39,45)(H,40,47)/t21?,28-,33?,36+/m0/s1. The molecule has 1 aliphatic carbocycles. The smallest absolute Gasteiger partial charge is 0.245 e. The second kappa shape index (κ2) is 12.5. The van der Waals surface area contributed by atoms with Crippen LogP contribution in [0.4, 0.5) is 0 Å². The van der Waals surface area contributed by atoms with E-state index in [1.165, 1.54) is 6.92 Å². The highest BCUT2D eigenvalue weighted by atomic mass is 16.2. The normalized spacial score (nSPS) is 25.2. The van der Waals surface area contributed by atoms with Gasteiger partial charge in [-0.3, -0.25) is 23.9 Å². The summed E-state index contributed by atoms with van der Waals surface area (Å²) in [5.41, 5.74) is 3.32. The van der Waals surface area contributed by atoms with E-state index in [1.54, 1.807) is 22.0 Å². The van der Waals surface area contributed by atoms with Crippen LogP contribution in [-0.2, 0) is 27.3 Å². The molecule has 2 N–H and O–H groups in total. The molecule has 1 saturated carbocycles. The number of benzene rings is 1. The molecule has 2 fully saturated rings. The van der Waals surface area contributed by atoms with Gasteiger partial charge in [-0.05, 0) is 67.2 Å². The Labute approximate surface area is 276 Å². The first-order valence-electron chi connectivity index (χ1n) is 17.0. The quantitative estimate of drug-likeness (QED) is 0.403. The minimum absolute atomic E-state index is 0.0201. The Morgan fingerprint density at radius 3 is 2.43 bits per heavy atom. The highest BCUT2D eigenvalue weighted by Gasteiger charge is 2.72. The number of nitrogens with one attached hydrogen (secondary N) is 2. The van der Waals surface area contributed by atoms with Crippen molar-refractivity contribution in [3.8, 4) is 11.1 Å².